The van der Waals surface area contributed by atoms with Gasteiger partial charge in [-0.3, -0.25) is 0 Å². The van der Waals surface area contributed by atoms with Gasteiger partial charge in [-0.2, -0.15) is 0 Å². The minimum absolute atomic E-state index is 0.172. The van der Waals surface area contributed by atoms with Crippen LogP contribution in [0.3, 0.4) is 0 Å². The molecule has 0 aromatic carbocycles. The van der Waals surface area contributed by atoms with E-state index in [2.05, 4.69) is 23.1 Å². The third kappa shape index (κ3) is 5.53. The normalized spacial score (nSPS) is 8.88. The molecular weight excluding hydrogens is 118 g/mol. The molecule has 0 aliphatic carbocycles. The van der Waals surface area contributed by atoms with Crippen molar-refractivity contribution in [3.8, 4) is 0 Å². The standard InChI is InChI=1S/C4H10N3Si/c1-8(2)4-3-6-7-5/h3-4H2,1-2H3. The van der Waals surface area contributed by atoms with Crippen LogP contribution in [0.4, 0.5) is 0 Å². The van der Waals surface area contributed by atoms with Crippen molar-refractivity contribution in [1.82, 2.24) is 0 Å². The Morgan fingerprint density at radius 1 is 1.62 bits per heavy atom. The van der Waals surface area contributed by atoms with Gasteiger partial charge < -0.3 is 0 Å². The van der Waals surface area contributed by atoms with Gasteiger partial charge in [-0.1, -0.05) is 24.3 Å². The Morgan fingerprint density at radius 3 is 2.62 bits per heavy atom. The van der Waals surface area contributed by atoms with Crippen molar-refractivity contribution in [2.24, 2.45) is 5.11 Å². The number of rotatable bonds is 3. The Morgan fingerprint density at radius 2 is 2.25 bits per heavy atom. The molecule has 1 radical (unpaired) electrons. The lowest BCUT2D eigenvalue weighted by Crippen LogP contribution is -1.99. The van der Waals surface area contributed by atoms with E-state index in [9.17, 15) is 0 Å². The molecule has 0 N–H and O–H groups in total. The molecule has 0 saturated carbocycles. The van der Waals surface area contributed by atoms with Gasteiger partial charge in [-0.05, 0) is 5.53 Å². The molecule has 0 saturated heterocycles. The fourth-order valence-corrected chi connectivity index (χ4v) is 0.866. The van der Waals surface area contributed by atoms with E-state index in [1.807, 2.05) is 0 Å². The van der Waals surface area contributed by atoms with E-state index in [1.165, 1.54) is 0 Å². The van der Waals surface area contributed by atoms with Gasteiger partial charge in [0.25, 0.3) is 0 Å². The highest BCUT2D eigenvalue weighted by Crippen LogP contribution is 1.89. The highest BCUT2D eigenvalue weighted by molar-refractivity contribution is 6.55. The Kier molecular flexibility index (Phi) is 4.40. The Hall–Kier alpha value is -0.473. The van der Waals surface area contributed by atoms with Crippen LogP contribution in [0, 0.1) is 0 Å². The molecule has 0 aromatic rings. The molecule has 0 spiro atoms. The van der Waals surface area contributed by atoms with E-state index in [0.29, 0.717) is 6.54 Å². The van der Waals surface area contributed by atoms with Crippen molar-refractivity contribution >= 4 is 8.80 Å². The SMILES string of the molecule is C[Si](C)CCN=[N+]=[N-]. The second kappa shape index (κ2) is 4.68. The average molecular weight is 128 g/mol. The first-order valence-electron chi connectivity index (χ1n) is 2.57. The van der Waals surface area contributed by atoms with Crippen LogP contribution in [0.15, 0.2) is 5.11 Å². The maximum atomic E-state index is 7.85. The zero-order valence-electron chi connectivity index (χ0n) is 5.26. The fraction of sp³-hybridized carbons (Fsp3) is 1.00. The Labute approximate surface area is 50.9 Å². The maximum Gasteiger partial charge on any atom is 0.0414 e. The molecule has 0 heterocycles. The predicted molar refractivity (Wildman–Crippen MR) is 36.3 cm³/mol. The molecule has 0 unspecified atom stereocenters. The van der Waals surface area contributed by atoms with Crippen molar-refractivity contribution in [3.63, 3.8) is 0 Å². The number of hydrogen-bond acceptors (Lipinski definition) is 1. The van der Waals surface area contributed by atoms with Crippen LogP contribution in [0.1, 0.15) is 0 Å². The third-order valence-corrected chi connectivity index (χ3v) is 2.00. The van der Waals surface area contributed by atoms with Crippen LogP contribution < -0.4 is 0 Å². The molecule has 0 aliphatic rings. The largest absolute Gasteiger partial charge is 0.0943 e. The van der Waals surface area contributed by atoms with E-state index in [4.69, 9.17) is 5.53 Å². The van der Waals surface area contributed by atoms with E-state index in [0.717, 1.165) is 6.04 Å². The van der Waals surface area contributed by atoms with Crippen molar-refractivity contribution in [2.45, 2.75) is 19.1 Å². The summed E-state index contributed by atoms with van der Waals surface area (Å²) in [5.74, 6) is 0. The van der Waals surface area contributed by atoms with E-state index >= 15 is 0 Å². The molecule has 0 atom stereocenters. The summed E-state index contributed by atoms with van der Waals surface area (Å²) in [4.78, 5) is 2.65. The van der Waals surface area contributed by atoms with Crippen molar-refractivity contribution in [1.29, 1.82) is 0 Å². The van der Waals surface area contributed by atoms with Gasteiger partial charge in [0.1, 0.15) is 0 Å². The molecular formula is C4H10N3Si. The molecule has 0 fully saturated rings. The molecule has 0 aromatic heterocycles. The summed E-state index contributed by atoms with van der Waals surface area (Å²) in [6, 6.07) is 1.09. The second-order valence-corrected chi connectivity index (χ2v) is 4.83. The lowest BCUT2D eigenvalue weighted by atomic mass is 10.8. The van der Waals surface area contributed by atoms with Crippen LogP contribution in [0.2, 0.25) is 19.1 Å². The summed E-state index contributed by atoms with van der Waals surface area (Å²) >= 11 is 0. The number of nitrogens with zero attached hydrogens (tertiary/aromatic N) is 3. The molecule has 0 amide bonds. The number of hydrogen-bond donors (Lipinski definition) is 0. The zero-order chi connectivity index (χ0) is 6.41. The third-order valence-electron chi connectivity index (χ3n) is 0.775. The van der Waals surface area contributed by atoms with Crippen molar-refractivity contribution in [3.05, 3.63) is 10.4 Å². The van der Waals surface area contributed by atoms with Crippen LogP contribution >= 0.6 is 0 Å². The minimum atomic E-state index is -0.172. The van der Waals surface area contributed by atoms with Gasteiger partial charge in [-0.25, -0.2) is 0 Å². The topological polar surface area (TPSA) is 48.8 Å². The fourth-order valence-electron chi connectivity index (χ4n) is 0.318. The molecule has 3 nitrogen and oxygen atoms in total. The van der Waals surface area contributed by atoms with Gasteiger partial charge in [0.2, 0.25) is 0 Å². The molecule has 4 heteroatoms. The highest BCUT2D eigenvalue weighted by Gasteiger charge is 1.91. The first kappa shape index (κ1) is 7.53. The lowest BCUT2D eigenvalue weighted by Gasteiger charge is -1.93. The van der Waals surface area contributed by atoms with Crippen molar-refractivity contribution in [2.75, 3.05) is 6.54 Å². The molecule has 8 heavy (non-hydrogen) atoms. The summed E-state index contributed by atoms with van der Waals surface area (Å²) in [5, 5.41) is 3.42. The monoisotopic (exact) mass is 128 g/mol. The maximum absolute atomic E-state index is 7.85. The zero-order valence-corrected chi connectivity index (χ0v) is 6.26. The molecule has 0 rings (SSSR count). The first-order chi connectivity index (χ1) is 3.77. The van der Waals surface area contributed by atoms with Gasteiger partial charge in [-0.15, -0.1) is 0 Å². The van der Waals surface area contributed by atoms with E-state index in [-0.39, 0.29) is 8.80 Å². The smallest absolute Gasteiger partial charge is 0.0414 e. The summed E-state index contributed by atoms with van der Waals surface area (Å²) < 4.78 is 0. The quantitative estimate of drug-likeness (QED) is 0.242. The first-order valence-corrected chi connectivity index (χ1v) is 5.28. The van der Waals surface area contributed by atoms with Gasteiger partial charge >= 0.3 is 0 Å². The van der Waals surface area contributed by atoms with Gasteiger partial charge in [0, 0.05) is 20.3 Å². The molecule has 45 valence electrons. The number of azide groups is 1. The Bertz CT molecular complexity index is 95.5. The van der Waals surface area contributed by atoms with E-state index < -0.39 is 0 Å². The summed E-state index contributed by atoms with van der Waals surface area (Å²) in [7, 11) is -0.172. The Balaban J connectivity index is 3.05. The van der Waals surface area contributed by atoms with E-state index in [1.54, 1.807) is 0 Å². The van der Waals surface area contributed by atoms with Crippen LogP contribution in [-0.2, 0) is 0 Å². The lowest BCUT2D eigenvalue weighted by molar-refractivity contribution is 1.09. The van der Waals surface area contributed by atoms with Crippen LogP contribution in [0.5, 0.6) is 0 Å². The van der Waals surface area contributed by atoms with Gasteiger partial charge in [0.05, 0.1) is 0 Å². The summed E-state index contributed by atoms with van der Waals surface area (Å²) in [5.41, 5.74) is 7.85. The van der Waals surface area contributed by atoms with Crippen LogP contribution in [0.25, 0.3) is 10.4 Å². The summed E-state index contributed by atoms with van der Waals surface area (Å²) in [6.07, 6.45) is 0. The van der Waals surface area contributed by atoms with Gasteiger partial charge in [0.15, 0.2) is 0 Å². The molecule has 0 aliphatic heterocycles. The second-order valence-electron chi connectivity index (χ2n) is 1.91. The van der Waals surface area contributed by atoms with Crippen LogP contribution in [-0.4, -0.2) is 15.3 Å². The molecule has 0 bridgehead atoms. The average Bonchev–Trinajstić information content (AvgIpc) is 1.66. The highest BCUT2D eigenvalue weighted by atomic mass is 28.3. The minimum Gasteiger partial charge on any atom is -0.0943 e. The predicted octanol–water partition coefficient (Wildman–Crippen LogP) is 2.05. The van der Waals surface area contributed by atoms with Crippen molar-refractivity contribution < 1.29 is 0 Å². The summed E-state index contributed by atoms with van der Waals surface area (Å²) in [6.45, 7) is 5.09.